The molecule has 0 saturated heterocycles. The molecular formula is C11H15BrO. The number of benzene rings is 1. The third kappa shape index (κ3) is 3.92. The first-order chi connectivity index (χ1) is 6.36. The Labute approximate surface area is 88.2 Å². The summed E-state index contributed by atoms with van der Waals surface area (Å²) in [6.45, 7) is 0.707. The summed E-state index contributed by atoms with van der Waals surface area (Å²) >= 11 is 3.43. The zero-order valence-corrected chi connectivity index (χ0v) is 9.51. The molecule has 1 nitrogen and oxygen atoms in total. The SMILES string of the molecule is COCc1ccc(CCCBr)cc1. The van der Waals surface area contributed by atoms with Crippen molar-refractivity contribution >= 4 is 15.9 Å². The van der Waals surface area contributed by atoms with Gasteiger partial charge in [-0.2, -0.15) is 0 Å². The van der Waals surface area contributed by atoms with Crippen molar-refractivity contribution in [3.8, 4) is 0 Å². The van der Waals surface area contributed by atoms with Crippen molar-refractivity contribution in [2.75, 3.05) is 12.4 Å². The highest BCUT2D eigenvalue weighted by Gasteiger charge is 1.93. The van der Waals surface area contributed by atoms with Crippen LogP contribution in [-0.4, -0.2) is 12.4 Å². The third-order valence-electron chi connectivity index (χ3n) is 1.93. The molecule has 0 heterocycles. The normalized spacial score (nSPS) is 10.3. The standard InChI is InChI=1S/C11H15BrO/c1-13-9-11-6-4-10(5-7-11)3-2-8-12/h4-7H,2-3,8-9H2,1H3. The van der Waals surface area contributed by atoms with Gasteiger partial charge in [0.15, 0.2) is 0 Å². The van der Waals surface area contributed by atoms with Gasteiger partial charge >= 0.3 is 0 Å². The summed E-state index contributed by atoms with van der Waals surface area (Å²) in [5.41, 5.74) is 2.64. The molecule has 0 unspecified atom stereocenters. The van der Waals surface area contributed by atoms with Gasteiger partial charge in [0.2, 0.25) is 0 Å². The van der Waals surface area contributed by atoms with Gasteiger partial charge in [0.05, 0.1) is 6.61 Å². The first kappa shape index (κ1) is 10.7. The van der Waals surface area contributed by atoms with Gasteiger partial charge < -0.3 is 4.74 Å². The van der Waals surface area contributed by atoms with E-state index >= 15 is 0 Å². The van der Waals surface area contributed by atoms with E-state index in [-0.39, 0.29) is 0 Å². The van der Waals surface area contributed by atoms with Crippen LogP contribution in [0.4, 0.5) is 0 Å². The topological polar surface area (TPSA) is 9.23 Å². The Hall–Kier alpha value is -0.340. The lowest BCUT2D eigenvalue weighted by Crippen LogP contribution is -1.89. The number of alkyl halides is 1. The molecule has 0 aliphatic carbocycles. The second kappa shape index (κ2) is 6.17. The fourth-order valence-corrected chi connectivity index (χ4v) is 1.52. The Morgan fingerprint density at radius 1 is 1.15 bits per heavy atom. The molecule has 0 amide bonds. The van der Waals surface area contributed by atoms with Crippen LogP contribution in [0.1, 0.15) is 17.5 Å². The summed E-state index contributed by atoms with van der Waals surface area (Å²) in [5.74, 6) is 0. The van der Waals surface area contributed by atoms with E-state index in [9.17, 15) is 0 Å². The van der Waals surface area contributed by atoms with E-state index in [1.165, 1.54) is 17.5 Å². The van der Waals surface area contributed by atoms with Crippen LogP contribution >= 0.6 is 15.9 Å². The lowest BCUT2D eigenvalue weighted by molar-refractivity contribution is 0.185. The molecule has 1 aromatic carbocycles. The van der Waals surface area contributed by atoms with Crippen LogP contribution in [0.3, 0.4) is 0 Å². The van der Waals surface area contributed by atoms with Gasteiger partial charge in [-0.25, -0.2) is 0 Å². The molecule has 0 aromatic heterocycles. The molecular weight excluding hydrogens is 228 g/mol. The van der Waals surface area contributed by atoms with E-state index in [4.69, 9.17) is 4.74 Å². The van der Waals surface area contributed by atoms with Crippen LogP contribution in [0.25, 0.3) is 0 Å². The summed E-state index contributed by atoms with van der Waals surface area (Å²) in [5, 5.41) is 1.08. The Morgan fingerprint density at radius 2 is 1.77 bits per heavy atom. The van der Waals surface area contributed by atoms with Crippen LogP contribution in [0.5, 0.6) is 0 Å². The van der Waals surface area contributed by atoms with Crippen LogP contribution in [0.15, 0.2) is 24.3 Å². The van der Waals surface area contributed by atoms with Crippen LogP contribution in [0.2, 0.25) is 0 Å². The molecule has 2 heteroatoms. The van der Waals surface area contributed by atoms with Crippen LogP contribution < -0.4 is 0 Å². The predicted octanol–water partition coefficient (Wildman–Crippen LogP) is 3.16. The van der Waals surface area contributed by atoms with Crippen molar-refractivity contribution < 1.29 is 4.74 Å². The zero-order chi connectivity index (χ0) is 9.52. The minimum atomic E-state index is 0.707. The number of halogens is 1. The highest BCUT2D eigenvalue weighted by Crippen LogP contribution is 2.08. The second-order valence-electron chi connectivity index (χ2n) is 3.04. The number of aryl methyl sites for hydroxylation is 1. The quantitative estimate of drug-likeness (QED) is 0.722. The molecule has 1 rings (SSSR count). The van der Waals surface area contributed by atoms with E-state index in [0.29, 0.717) is 6.61 Å². The molecule has 72 valence electrons. The molecule has 13 heavy (non-hydrogen) atoms. The van der Waals surface area contributed by atoms with Gasteiger partial charge in [0.1, 0.15) is 0 Å². The predicted molar refractivity (Wildman–Crippen MR) is 59.3 cm³/mol. The lowest BCUT2D eigenvalue weighted by Gasteiger charge is -2.02. The van der Waals surface area contributed by atoms with E-state index < -0.39 is 0 Å². The first-order valence-corrected chi connectivity index (χ1v) is 5.61. The van der Waals surface area contributed by atoms with Gasteiger partial charge in [-0.05, 0) is 24.0 Å². The molecule has 0 aliphatic heterocycles. The van der Waals surface area contributed by atoms with Crippen molar-refractivity contribution in [3.63, 3.8) is 0 Å². The van der Waals surface area contributed by atoms with Crippen LogP contribution in [0, 0.1) is 0 Å². The van der Waals surface area contributed by atoms with Crippen molar-refractivity contribution in [3.05, 3.63) is 35.4 Å². The first-order valence-electron chi connectivity index (χ1n) is 4.49. The highest BCUT2D eigenvalue weighted by molar-refractivity contribution is 9.09. The Bertz CT molecular complexity index is 230. The number of methoxy groups -OCH3 is 1. The fourth-order valence-electron chi connectivity index (χ4n) is 1.24. The number of ether oxygens (including phenoxy) is 1. The van der Waals surface area contributed by atoms with Crippen molar-refractivity contribution in [1.29, 1.82) is 0 Å². The summed E-state index contributed by atoms with van der Waals surface area (Å²) in [6, 6.07) is 8.62. The summed E-state index contributed by atoms with van der Waals surface area (Å²) < 4.78 is 5.04. The van der Waals surface area contributed by atoms with Gasteiger partial charge in [0.25, 0.3) is 0 Å². The number of hydrogen-bond acceptors (Lipinski definition) is 1. The van der Waals surface area contributed by atoms with E-state index in [2.05, 4.69) is 40.2 Å². The maximum Gasteiger partial charge on any atom is 0.0713 e. The average molecular weight is 243 g/mol. The summed E-state index contributed by atoms with van der Waals surface area (Å²) in [6.07, 6.45) is 2.35. The second-order valence-corrected chi connectivity index (χ2v) is 3.84. The van der Waals surface area contributed by atoms with E-state index in [0.717, 1.165) is 11.8 Å². The fraction of sp³-hybridized carbons (Fsp3) is 0.455. The van der Waals surface area contributed by atoms with Gasteiger partial charge in [-0.1, -0.05) is 40.2 Å². The number of hydrogen-bond donors (Lipinski definition) is 0. The van der Waals surface area contributed by atoms with Gasteiger partial charge in [-0.3, -0.25) is 0 Å². The summed E-state index contributed by atoms with van der Waals surface area (Å²) in [7, 11) is 1.72. The molecule has 0 N–H and O–H groups in total. The molecule has 1 aromatic rings. The molecule has 0 saturated carbocycles. The minimum Gasteiger partial charge on any atom is -0.380 e. The third-order valence-corrected chi connectivity index (χ3v) is 2.49. The smallest absolute Gasteiger partial charge is 0.0713 e. The van der Waals surface area contributed by atoms with Crippen LogP contribution in [-0.2, 0) is 17.8 Å². The molecule has 0 radical (unpaired) electrons. The molecule has 0 spiro atoms. The minimum absolute atomic E-state index is 0.707. The Kier molecular flexibility index (Phi) is 5.09. The van der Waals surface area contributed by atoms with Crippen molar-refractivity contribution in [2.45, 2.75) is 19.4 Å². The van der Waals surface area contributed by atoms with E-state index in [1.807, 2.05) is 0 Å². The summed E-state index contributed by atoms with van der Waals surface area (Å²) in [4.78, 5) is 0. The van der Waals surface area contributed by atoms with Crippen molar-refractivity contribution in [1.82, 2.24) is 0 Å². The average Bonchev–Trinajstić information content (AvgIpc) is 2.17. The maximum atomic E-state index is 5.04. The maximum absolute atomic E-state index is 5.04. The number of rotatable bonds is 5. The molecule has 0 bridgehead atoms. The molecule has 0 fully saturated rings. The zero-order valence-electron chi connectivity index (χ0n) is 7.92. The van der Waals surface area contributed by atoms with Gasteiger partial charge in [0, 0.05) is 12.4 Å². The largest absolute Gasteiger partial charge is 0.380 e. The van der Waals surface area contributed by atoms with E-state index in [1.54, 1.807) is 7.11 Å². The van der Waals surface area contributed by atoms with Crippen molar-refractivity contribution in [2.24, 2.45) is 0 Å². The monoisotopic (exact) mass is 242 g/mol. The highest BCUT2D eigenvalue weighted by atomic mass is 79.9. The molecule has 0 atom stereocenters. The Balaban J connectivity index is 2.48. The molecule has 0 aliphatic rings. The Morgan fingerprint density at radius 3 is 2.31 bits per heavy atom. The van der Waals surface area contributed by atoms with Gasteiger partial charge in [-0.15, -0.1) is 0 Å². The lowest BCUT2D eigenvalue weighted by atomic mass is 10.1.